The first-order chi connectivity index (χ1) is 12.0. The van der Waals surface area contributed by atoms with Crippen LogP contribution in [0.25, 0.3) is 0 Å². The van der Waals surface area contributed by atoms with Gasteiger partial charge in [-0.3, -0.25) is 4.79 Å². The number of hydrogen-bond acceptors (Lipinski definition) is 6. The van der Waals surface area contributed by atoms with Crippen LogP contribution in [0.4, 0.5) is 0 Å². The number of unbranched alkanes of at least 4 members (excludes halogenated alkanes) is 9. The van der Waals surface area contributed by atoms with Crippen molar-refractivity contribution in [1.82, 2.24) is 0 Å². The monoisotopic (exact) mass is 359 g/mol. The first-order valence-corrected chi connectivity index (χ1v) is 9.80. The molecule has 148 valence electrons. The Kier molecular flexibility index (Phi) is 14.5. The molecule has 3 N–H and O–H groups in total. The van der Waals surface area contributed by atoms with Gasteiger partial charge in [0.2, 0.25) is 11.6 Å². The second-order valence-electron chi connectivity index (χ2n) is 6.72. The number of rotatable bonds is 16. The molecular weight excluding hydrogens is 322 g/mol. The smallest absolute Gasteiger partial charge is 0.296 e. The van der Waals surface area contributed by atoms with E-state index < -0.39 is 24.1 Å². The first-order valence-electron chi connectivity index (χ1n) is 9.80. The Hall–Kier alpha value is -1.14. The molecule has 0 saturated carbocycles. The fraction of sp³-hybridized carbons (Fsp3) is 0.895. The van der Waals surface area contributed by atoms with E-state index >= 15 is 0 Å². The fourth-order valence-electron chi connectivity index (χ4n) is 2.65. The van der Waals surface area contributed by atoms with Gasteiger partial charge in [-0.15, -0.1) is 0 Å². The SMILES string of the molecule is CCCCCCCCC(O)(CO)O/C(=N/O)C(=O)CCCCCCC. The van der Waals surface area contributed by atoms with Crippen molar-refractivity contribution in [2.24, 2.45) is 5.16 Å². The molecule has 0 rings (SSSR count). The highest BCUT2D eigenvalue weighted by atomic mass is 16.7. The van der Waals surface area contributed by atoms with Crippen LogP contribution < -0.4 is 0 Å². The van der Waals surface area contributed by atoms with Crippen LogP contribution >= 0.6 is 0 Å². The van der Waals surface area contributed by atoms with Crippen molar-refractivity contribution in [3.63, 3.8) is 0 Å². The first kappa shape index (κ1) is 23.9. The topological polar surface area (TPSA) is 99.3 Å². The van der Waals surface area contributed by atoms with Gasteiger partial charge in [0.1, 0.15) is 6.61 Å². The minimum Gasteiger partial charge on any atom is -0.438 e. The van der Waals surface area contributed by atoms with Crippen LogP contribution in [0.2, 0.25) is 0 Å². The van der Waals surface area contributed by atoms with E-state index in [1.54, 1.807) is 0 Å². The van der Waals surface area contributed by atoms with Gasteiger partial charge in [-0.1, -0.05) is 71.6 Å². The zero-order valence-corrected chi connectivity index (χ0v) is 16.0. The summed E-state index contributed by atoms with van der Waals surface area (Å²) in [6.45, 7) is 3.62. The highest BCUT2D eigenvalue weighted by Gasteiger charge is 2.32. The third-order valence-electron chi connectivity index (χ3n) is 4.29. The molecule has 0 fully saturated rings. The number of carbonyl (C=O) groups is 1. The van der Waals surface area contributed by atoms with Crippen LogP contribution in [0.1, 0.15) is 97.3 Å². The molecular formula is C19H37NO5. The third-order valence-corrected chi connectivity index (χ3v) is 4.29. The molecule has 1 unspecified atom stereocenters. The van der Waals surface area contributed by atoms with E-state index in [0.29, 0.717) is 12.8 Å². The van der Waals surface area contributed by atoms with Crippen molar-refractivity contribution in [3.8, 4) is 0 Å². The average molecular weight is 360 g/mol. The Morgan fingerprint density at radius 2 is 1.44 bits per heavy atom. The second kappa shape index (κ2) is 15.1. The number of ketones is 1. The summed E-state index contributed by atoms with van der Waals surface area (Å²) in [5.74, 6) is -2.84. The summed E-state index contributed by atoms with van der Waals surface area (Å²) in [6, 6.07) is 0. The number of Topliss-reactive ketones (excluding diaryl/α,β-unsaturated/α-hetero) is 1. The Balaban J connectivity index is 4.25. The number of oxime groups is 1. The standard InChI is InChI=1S/C19H37NO5/c1-3-5-7-9-11-13-15-19(23,16-21)25-18(20-24)17(22)14-12-10-8-6-4-2/h21,23-24H,3-16H2,1-2H3/b20-18+. The van der Waals surface area contributed by atoms with Gasteiger partial charge in [0.05, 0.1) is 0 Å². The number of carbonyl (C=O) groups excluding carboxylic acids is 1. The molecule has 6 nitrogen and oxygen atoms in total. The van der Waals surface area contributed by atoms with Gasteiger partial charge in [0.25, 0.3) is 5.90 Å². The van der Waals surface area contributed by atoms with Crippen molar-refractivity contribution >= 4 is 11.7 Å². The van der Waals surface area contributed by atoms with Crippen molar-refractivity contribution in [2.45, 2.75) is 103 Å². The number of aliphatic hydroxyl groups is 2. The van der Waals surface area contributed by atoms with E-state index in [1.165, 1.54) is 12.8 Å². The molecule has 0 amide bonds. The lowest BCUT2D eigenvalue weighted by Crippen LogP contribution is -2.41. The molecule has 0 aromatic rings. The van der Waals surface area contributed by atoms with Gasteiger partial charge in [-0.05, 0) is 18.0 Å². The summed E-state index contributed by atoms with van der Waals surface area (Å²) in [4.78, 5) is 12.0. The molecule has 6 heteroatoms. The number of nitrogens with zero attached hydrogens (tertiary/aromatic N) is 1. The summed E-state index contributed by atoms with van der Waals surface area (Å²) in [5, 5.41) is 31.6. The van der Waals surface area contributed by atoms with Crippen LogP contribution in [-0.2, 0) is 9.53 Å². The normalized spacial score (nSPS) is 14.3. The summed E-state index contributed by atoms with van der Waals surface area (Å²) in [6.07, 6.45) is 11.5. The molecule has 0 aromatic carbocycles. The van der Waals surface area contributed by atoms with E-state index in [-0.39, 0.29) is 12.8 Å². The summed E-state index contributed by atoms with van der Waals surface area (Å²) in [5.41, 5.74) is 0. The highest BCUT2D eigenvalue weighted by molar-refractivity contribution is 6.36. The lowest BCUT2D eigenvalue weighted by atomic mass is 10.0. The van der Waals surface area contributed by atoms with E-state index in [2.05, 4.69) is 19.0 Å². The van der Waals surface area contributed by atoms with Crippen LogP contribution in [0.3, 0.4) is 0 Å². The second-order valence-corrected chi connectivity index (χ2v) is 6.72. The van der Waals surface area contributed by atoms with Crippen molar-refractivity contribution in [2.75, 3.05) is 6.61 Å². The lowest BCUT2D eigenvalue weighted by Gasteiger charge is -2.26. The Morgan fingerprint density at radius 1 is 0.920 bits per heavy atom. The summed E-state index contributed by atoms with van der Waals surface area (Å²) >= 11 is 0. The van der Waals surface area contributed by atoms with E-state index in [0.717, 1.165) is 44.9 Å². The van der Waals surface area contributed by atoms with Crippen molar-refractivity contribution in [3.05, 3.63) is 0 Å². The van der Waals surface area contributed by atoms with Crippen molar-refractivity contribution < 1.29 is 25.0 Å². The molecule has 0 radical (unpaired) electrons. The van der Waals surface area contributed by atoms with Crippen LogP contribution in [0.15, 0.2) is 5.16 Å². The third kappa shape index (κ3) is 11.9. The maximum atomic E-state index is 12.0. The van der Waals surface area contributed by atoms with E-state index in [9.17, 15) is 15.0 Å². The highest BCUT2D eigenvalue weighted by Crippen LogP contribution is 2.19. The predicted molar refractivity (Wildman–Crippen MR) is 98.7 cm³/mol. The van der Waals surface area contributed by atoms with Gasteiger partial charge in [0, 0.05) is 12.8 Å². The molecule has 0 aliphatic rings. The summed E-state index contributed by atoms with van der Waals surface area (Å²) in [7, 11) is 0. The van der Waals surface area contributed by atoms with Gasteiger partial charge in [-0.25, -0.2) is 0 Å². The molecule has 0 spiro atoms. The number of hydrogen-bond donors (Lipinski definition) is 3. The zero-order valence-electron chi connectivity index (χ0n) is 16.0. The van der Waals surface area contributed by atoms with Gasteiger partial charge in [0.15, 0.2) is 0 Å². The number of aliphatic hydroxyl groups excluding tert-OH is 1. The number of ether oxygens (including phenoxy) is 1. The Morgan fingerprint density at radius 3 is 1.96 bits per heavy atom. The zero-order chi connectivity index (χ0) is 19.0. The summed E-state index contributed by atoms with van der Waals surface area (Å²) < 4.78 is 5.16. The average Bonchev–Trinajstić information content (AvgIpc) is 2.62. The lowest BCUT2D eigenvalue weighted by molar-refractivity contribution is -0.183. The van der Waals surface area contributed by atoms with Crippen LogP contribution in [0.5, 0.6) is 0 Å². The van der Waals surface area contributed by atoms with Crippen LogP contribution in [0, 0.1) is 0 Å². The van der Waals surface area contributed by atoms with Gasteiger partial charge in [-0.2, -0.15) is 0 Å². The molecule has 25 heavy (non-hydrogen) atoms. The predicted octanol–water partition coefficient (Wildman–Crippen LogP) is 4.15. The maximum Gasteiger partial charge on any atom is 0.296 e. The Bertz CT molecular complexity index is 373. The molecule has 0 aliphatic heterocycles. The molecule has 0 heterocycles. The van der Waals surface area contributed by atoms with E-state index in [1.807, 2.05) is 0 Å². The maximum absolute atomic E-state index is 12.0. The Labute approximate surface area is 152 Å². The minimum atomic E-state index is -1.87. The molecule has 0 bridgehead atoms. The molecule has 1 atom stereocenters. The van der Waals surface area contributed by atoms with Crippen LogP contribution in [-0.4, -0.2) is 39.5 Å². The van der Waals surface area contributed by atoms with Crippen molar-refractivity contribution in [1.29, 1.82) is 0 Å². The largest absolute Gasteiger partial charge is 0.438 e. The van der Waals surface area contributed by atoms with Gasteiger partial charge >= 0.3 is 0 Å². The molecule has 0 aromatic heterocycles. The van der Waals surface area contributed by atoms with Gasteiger partial charge < -0.3 is 20.2 Å². The fourth-order valence-corrected chi connectivity index (χ4v) is 2.65. The molecule has 0 aliphatic carbocycles. The quantitative estimate of drug-likeness (QED) is 0.0960. The molecule has 0 saturated heterocycles. The van der Waals surface area contributed by atoms with E-state index in [4.69, 9.17) is 9.94 Å². The minimum absolute atomic E-state index is 0.193.